The lowest BCUT2D eigenvalue weighted by Crippen LogP contribution is -2.29. The molecule has 2 N–H and O–H groups in total. The molecule has 2 rings (SSSR count). The van der Waals surface area contributed by atoms with Crippen LogP contribution in [0.5, 0.6) is 0 Å². The minimum Gasteiger partial charge on any atom is -0.315 e. The van der Waals surface area contributed by atoms with E-state index in [1.165, 1.54) is 30.4 Å². The zero-order chi connectivity index (χ0) is 13.5. The van der Waals surface area contributed by atoms with E-state index < -0.39 is 0 Å². The first-order valence-electron chi connectivity index (χ1n) is 7.76. The molecule has 2 heteroatoms. The van der Waals surface area contributed by atoms with Crippen LogP contribution in [0.15, 0.2) is 24.3 Å². The SMILES string of the molecule is CC(C)Cc1ccc(CCNCCNC2CC2)cc1. The van der Waals surface area contributed by atoms with Gasteiger partial charge in [-0.2, -0.15) is 0 Å². The van der Waals surface area contributed by atoms with Gasteiger partial charge in [-0.3, -0.25) is 0 Å². The van der Waals surface area contributed by atoms with E-state index in [1.807, 2.05) is 0 Å². The molecule has 2 nitrogen and oxygen atoms in total. The van der Waals surface area contributed by atoms with Gasteiger partial charge >= 0.3 is 0 Å². The van der Waals surface area contributed by atoms with Gasteiger partial charge in [-0.1, -0.05) is 38.1 Å². The average molecular weight is 260 g/mol. The molecule has 1 aromatic rings. The molecule has 0 spiro atoms. The molecule has 0 amide bonds. The first kappa shape index (κ1) is 14.5. The van der Waals surface area contributed by atoms with Gasteiger partial charge in [-0.15, -0.1) is 0 Å². The second kappa shape index (κ2) is 7.66. The first-order valence-corrected chi connectivity index (χ1v) is 7.76. The molecule has 106 valence electrons. The van der Waals surface area contributed by atoms with Crippen LogP contribution in [0.25, 0.3) is 0 Å². The minimum absolute atomic E-state index is 0.742. The third-order valence-electron chi connectivity index (χ3n) is 3.57. The molecule has 0 atom stereocenters. The summed E-state index contributed by atoms with van der Waals surface area (Å²) in [5.74, 6) is 0.742. The highest BCUT2D eigenvalue weighted by Crippen LogP contribution is 2.17. The van der Waals surface area contributed by atoms with Crippen LogP contribution in [0.3, 0.4) is 0 Å². The molecule has 0 radical (unpaired) electrons. The molecule has 0 bridgehead atoms. The molecule has 0 aromatic heterocycles. The second-order valence-corrected chi connectivity index (χ2v) is 6.14. The van der Waals surface area contributed by atoms with Crippen LogP contribution in [0.4, 0.5) is 0 Å². The van der Waals surface area contributed by atoms with Crippen LogP contribution in [-0.2, 0) is 12.8 Å². The summed E-state index contributed by atoms with van der Waals surface area (Å²) in [4.78, 5) is 0. The monoisotopic (exact) mass is 260 g/mol. The summed E-state index contributed by atoms with van der Waals surface area (Å²) in [6, 6.07) is 9.95. The summed E-state index contributed by atoms with van der Waals surface area (Å²) in [6.07, 6.45) is 5.07. The van der Waals surface area contributed by atoms with Crippen molar-refractivity contribution in [3.05, 3.63) is 35.4 Å². The van der Waals surface area contributed by atoms with Gasteiger partial charge in [0.25, 0.3) is 0 Å². The molecule has 1 aliphatic rings. The summed E-state index contributed by atoms with van der Waals surface area (Å²) >= 11 is 0. The van der Waals surface area contributed by atoms with Crippen LogP contribution in [0, 0.1) is 5.92 Å². The molecular formula is C17H28N2. The Kier molecular flexibility index (Phi) is 5.87. The lowest BCUT2D eigenvalue weighted by molar-refractivity contribution is 0.608. The molecular weight excluding hydrogens is 232 g/mol. The topological polar surface area (TPSA) is 24.1 Å². The lowest BCUT2D eigenvalue weighted by atomic mass is 10.0. The van der Waals surface area contributed by atoms with Crippen molar-refractivity contribution >= 4 is 0 Å². The van der Waals surface area contributed by atoms with E-state index in [4.69, 9.17) is 0 Å². The molecule has 1 fully saturated rings. The van der Waals surface area contributed by atoms with Gasteiger partial charge in [0.2, 0.25) is 0 Å². The van der Waals surface area contributed by atoms with E-state index in [2.05, 4.69) is 48.7 Å². The number of hydrogen-bond acceptors (Lipinski definition) is 2. The second-order valence-electron chi connectivity index (χ2n) is 6.14. The maximum atomic E-state index is 3.52. The Morgan fingerprint density at radius 3 is 2.32 bits per heavy atom. The summed E-state index contributed by atoms with van der Waals surface area (Å²) < 4.78 is 0. The summed E-state index contributed by atoms with van der Waals surface area (Å²) in [6.45, 7) is 7.82. The Labute approximate surface area is 118 Å². The van der Waals surface area contributed by atoms with Crippen LogP contribution < -0.4 is 10.6 Å². The van der Waals surface area contributed by atoms with Crippen molar-refractivity contribution in [2.45, 2.75) is 45.6 Å². The van der Waals surface area contributed by atoms with Gasteiger partial charge in [0.1, 0.15) is 0 Å². The molecule has 1 aliphatic carbocycles. The highest BCUT2D eigenvalue weighted by atomic mass is 15.0. The summed E-state index contributed by atoms with van der Waals surface area (Å²) in [7, 11) is 0. The molecule has 0 unspecified atom stereocenters. The van der Waals surface area contributed by atoms with Crippen molar-refractivity contribution in [1.82, 2.24) is 10.6 Å². The van der Waals surface area contributed by atoms with Crippen molar-refractivity contribution in [2.24, 2.45) is 5.92 Å². The zero-order valence-electron chi connectivity index (χ0n) is 12.4. The molecule has 0 aliphatic heterocycles. The maximum Gasteiger partial charge on any atom is 0.00793 e. The third kappa shape index (κ3) is 6.22. The highest BCUT2D eigenvalue weighted by Gasteiger charge is 2.19. The van der Waals surface area contributed by atoms with E-state index in [0.29, 0.717) is 0 Å². The van der Waals surface area contributed by atoms with Gasteiger partial charge < -0.3 is 10.6 Å². The Balaban J connectivity index is 1.56. The Morgan fingerprint density at radius 1 is 1.00 bits per heavy atom. The van der Waals surface area contributed by atoms with Crippen LogP contribution in [-0.4, -0.2) is 25.7 Å². The quantitative estimate of drug-likeness (QED) is 0.667. The smallest absolute Gasteiger partial charge is 0.00793 e. The maximum absolute atomic E-state index is 3.52. The number of rotatable bonds is 9. The fourth-order valence-electron chi connectivity index (χ4n) is 2.32. The third-order valence-corrected chi connectivity index (χ3v) is 3.57. The predicted molar refractivity (Wildman–Crippen MR) is 82.6 cm³/mol. The van der Waals surface area contributed by atoms with Gasteiger partial charge in [0.15, 0.2) is 0 Å². The molecule has 0 saturated heterocycles. The normalized spacial score (nSPS) is 15.1. The zero-order valence-corrected chi connectivity index (χ0v) is 12.4. The number of nitrogens with one attached hydrogen (secondary N) is 2. The predicted octanol–water partition coefficient (Wildman–Crippen LogP) is 2.77. The van der Waals surface area contributed by atoms with Gasteiger partial charge in [0, 0.05) is 19.1 Å². The van der Waals surface area contributed by atoms with Crippen molar-refractivity contribution in [1.29, 1.82) is 0 Å². The van der Waals surface area contributed by atoms with Crippen LogP contribution in [0.1, 0.15) is 37.8 Å². The largest absolute Gasteiger partial charge is 0.315 e. The van der Waals surface area contributed by atoms with E-state index in [0.717, 1.165) is 38.0 Å². The summed E-state index contributed by atoms with van der Waals surface area (Å²) in [5, 5.41) is 7.02. The van der Waals surface area contributed by atoms with Gasteiger partial charge in [-0.05, 0) is 49.3 Å². The molecule has 1 aromatic carbocycles. The fourth-order valence-corrected chi connectivity index (χ4v) is 2.32. The molecule has 1 saturated carbocycles. The van der Waals surface area contributed by atoms with Crippen molar-refractivity contribution < 1.29 is 0 Å². The lowest BCUT2D eigenvalue weighted by Gasteiger charge is -2.08. The van der Waals surface area contributed by atoms with E-state index in [9.17, 15) is 0 Å². The van der Waals surface area contributed by atoms with Crippen molar-refractivity contribution in [3.8, 4) is 0 Å². The Morgan fingerprint density at radius 2 is 1.68 bits per heavy atom. The standard InChI is InChI=1S/C17H28N2/c1-14(2)13-16-5-3-15(4-6-16)9-10-18-11-12-19-17-7-8-17/h3-6,14,17-19H,7-13H2,1-2H3. The number of hydrogen-bond donors (Lipinski definition) is 2. The van der Waals surface area contributed by atoms with E-state index >= 15 is 0 Å². The van der Waals surface area contributed by atoms with Crippen molar-refractivity contribution in [3.63, 3.8) is 0 Å². The van der Waals surface area contributed by atoms with Crippen LogP contribution >= 0.6 is 0 Å². The highest BCUT2D eigenvalue weighted by molar-refractivity contribution is 5.23. The van der Waals surface area contributed by atoms with Crippen molar-refractivity contribution in [2.75, 3.05) is 19.6 Å². The minimum atomic E-state index is 0.742. The van der Waals surface area contributed by atoms with Gasteiger partial charge in [0.05, 0.1) is 0 Å². The first-order chi connectivity index (χ1) is 9.24. The molecule has 0 heterocycles. The van der Waals surface area contributed by atoms with E-state index in [-0.39, 0.29) is 0 Å². The Hall–Kier alpha value is -0.860. The average Bonchev–Trinajstić information content (AvgIpc) is 3.19. The van der Waals surface area contributed by atoms with E-state index in [1.54, 1.807) is 0 Å². The summed E-state index contributed by atoms with van der Waals surface area (Å²) in [5.41, 5.74) is 2.90. The van der Waals surface area contributed by atoms with Gasteiger partial charge in [-0.25, -0.2) is 0 Å². The molecule has 19 heavy (non-hydrogen) atoms. The number of benzene rings is 1. The van der Waals surface area contributed by atoms with Crippen LogP contribution in [0.2, 0.25) is 0 Å². The Bertz CT molecular complexity index is 352. The fraction of sp³-hybridized carbons (Fsp3) is 0.647.